The number of aromatic nitrogens is 2. The van der Waals surface area contributed by atoms with Gasteiger partial charge in [0, 0.05) is 18.2 Å². The summed E-state index contributed by atoms with van der Waals surface area (Å²) >= 11 is 0. The molecule has 0 radical (unpaired) electrons. The summed E-state index contributed by atoms with van der Waals surface area (Å²) in [5.74, 6) is -0.493. The van der Waals surface area contributed by atoms with Gasteiger partial charge in [0.2, 0.25) is 10.0 Å². The number of halogens is 1. The molecule has 0 saturated heterocycles. The Hall–Kier alpha value is -2.84. The molecule has 1 aromatic heterocycles. The fraction of sp³-hybridized carbons (Fsp3) is 0.200. The number of nitrogens with zero attached hydrogens (tertiary/aromatic N) is 2. The maximum absolute atomic E-state index is 13.1. The van der Waals surface area contributed by atoms with Gasteiger partial charge in [-0.3, -0.25) is 4.79 Å². The summed E-state index contributed by atoms with van der Waals surface area (Å²) in [4.78, 5) is 12.0. The average molecular weight is 401 g/mol. The van der Waals surface area contributed by atoms with Gasteiger partial charge in [0.25, 0.3) is 5.56 Å². The Kier molecular flexibility index (Phi) is 6.01. The summed E-state index contributed by atoms with van der Waals surface area (Å²) in [5, 5.41) is 4.23. The van der Waals surface area contributed by atoms with Gasteiger partial charge in [0.1, 0.15) is 5.82 Å². The molecule has 0 aliphatic rings. The Bertz CT molecular complexity index is 1130. The molecule has 1 heterocycles. The minimum Gasteiger partial charge on any atom is -0.268 e. The molecule has 6 nitrogen and oxygen atoms in total. The molecule has 8 heteroatoms. The summed E-state index contributed by atoms with van der Waals surface area (Å²) in [6.07, 6.45) is 0. The number of aryl methyl sites for hydroxylation is 1. The maximum atomic E-state index is 13.1. The molecular weight excluding hydrogens is 381 g/mol. The first-order chi connectivity index (χ1) is 13.3. The third-order valence-electron chi connectivity index (χ3n) is 4.09. The van der Waals surface area contributed by atoms with Crippen molar-refractivity contribution in [1.29, 1.82) is 0 Å². The second-order valence-corrected chi connectivity index (χ2v) is 8.24. The molecule has 0 unspecified atom stereocenters. The van der Waals surface area contributed by atoms with Gasteiger partial charge in [-0.2, -0.15) is 5.10 Å². The van der Waals surface area contributed by atoms with E-state index < -0.39 is 10.0 Å². The van der Waals surface area contributed by atoms with E-state index in [1.807, 2.05) is 25.1 Å². The SMILES string of the molecule is Cc1cccc(CS(=O)(=O)NCCn2nc(-c3ccc(F)cc3)ccc2=O)c1. The number of nitrogens with one attached hydrogen (secondary N) is 1. The molecule has 146 valence electrons. The molecule has 0 spiro atoms. The van der Waals surface area contributed by atoms with Crippen molar-refractivity contribution in [3.8, 4) is 11.3 Å². The molecule has 1 N–H and O–H groups in total. The second-order valence-electron chi connectivity index (χ2n) is 6.43. The van der Waals surface area contributed by atoms with Crippen LogP contribution in [0.4, 0.5) is 4.39 Å². The van der Waals surface area contributed by atoms with Crippen molar-refractivity contribution >= 4 is 10.0 Å². The fourth-order valence-electron chi connectivity index (χ4n) is 2.76. The lowest BCUT2D eigenvalue weighted by Crippen LogP contribution is -2.32. The van der Waals surface area contributed by atoms with Crippen LogP contribution in [-0.2, 0) is 22.3 Å². The summed E-state index contributed by atoms with van der Waals surface area (Å²) in [6.45, 7) is 2.02. The van der Waals surface area contributed by atoms with Crippen LogP contribution in [0.2, 0.25) is 0 Å². The van der Waals surface area contributed by atoms with Crippen LogP contribution in [-0.4, -0.2) is 24.7 Å². The van der Waals surface area contributed by atoms with Crippen molar-refractivity contribution in [2.75, 3.05) is 6.54 Å². The van der Waals surface area contributed by atoms with Crippen molar-refractivity contribution in [2.24, 2.45) is 0 Å². The quantitative estimate of drug-likeness (QED) is 0.660. The summed E-state index contributed by atoms with van der Waals surface area (Å²) in [5.41, 5.74) is 2.50. The smallest absolute Gasteiger partial charge is 0.266 e. The highest BCUT2D eigenvalue weighted by Crippen LogP contribution is 2.15. The van der Waals surface area contributed by atoms with Crippen LogP contribution in [0.3, 0.4) is 0 Å². The molecule has 2 aromatic carbocycles. The maximum Gasteiger partial charge on any atom is 0.266 e. The van der Waals surface area contributed by atoms with Gasteiger partial charge >= 0.3 is 0 Å². The van der Waals surface area contributed by atoms with Crippen LogP contribution in [0, 0.1) is 12.7 Å². The van der Waals surface area contributed by atoms with Crippen LogP contribution in [0.25, 0.3) is 11.3 Å². The topological polar surface area (TPSA) is 81.1 Å². The van der Waals surface area contributed by atoms with E-state index in [4.69, 9.17) is 0 Å². The lowest BCUT2D eigenvalue weighted by atomic mass is 10.1. The van der Waals surface area contributed by atoms with Gasteiger partial charge in [-0.25, -0.2) is 22.2 Å². The van der Waals surface area contributed by atoms with E-state index >= 15 is 0 Å². The van der Waals surface area contributed by atoms with E-state index in [9.17, 15) is 17.6 Å². The molecule has 28 heavy (non-hydrogen) atoms. The Morgan fingerprint density at radius 3 is 2.54 bits per heavy atom. The number of hydrogen-bond acceptors (Lipinski definition) is 4. The molecule has 0 aliphatic heterocycles. The van der Waals surface area contributed by atoms with Gasteiger partial charge in [0.15, 0.2) is 0 Å². The minimum atomic E-state index is -3.54. The van der Waals surface area contributed by atoms with E-state index in [-0.39, 0.29) is 30.2 Å². The zero-order valence-corrected chi connectivity index (χ0v) is 16.1. The van der Waals surface area contributed by atoms with Crippen molar-refractivity contribution in [2.45, 2.75) is 19.2 Å². The van der Waals surface area contributed by atoms with E-state index in [2.05, 4.69) is 9.82 Å². The Balaban J connectivity index is 1.66. The van der Waals surface area contributed by atoms with Crippen LogP contribution < -0.4 is 10.3 Å². The summed E-state index contributed by atoms with van der Waals surface area (Å²) < 4.78 is 41.2. The first-order valence-electron chi connectivity index (χ1n) is 8.69. The van der Waals surface area contributed by atoms with E-state index in [1.54, 1.807) is 24.3 Å². The van der Waals surface area contributed by atoms with Crippen LogP contribution >= 0.6 is 0 Å². The highest BCUT2D eigenvalue weighted by Gasteiger charge is 2.12. The molecule has 0 atom stereocenters. The fourth-order valence-corrected chi connectivity index (χ4v) is 3.89. The molecular formula is C20H20FN3O3S. The number of sulfonamides is 1. The Labute approximate surface area is 162 Å². The first-order valence-corrected chi connectivity index (χ1v) is 10.3. The minimum absolute atomic E-state index is 0.0356. The zero-order chi connectivity index (χ0) is 20.1. The van der Waals surface area contributed by atoms with Gasteiger partial charge < -0.3 is 0 Å². The summed E-state index contributed by atoms with van der Waals surface area (Å²) in [6, 6.07) is 15.9. The molecule has 0 fully saturated rings. The molecule has 3 aromatic rings. The molecule has 3 rings (SSSR count). The molecule has 0 bridgehead atoms. The number of rotatable bonds is 7. The molecule has 0 aliphatic carbocycles. The van der Waals surface area contributed by atoms with Crippen molar-refractivity contribution < 1.29 is 12.8 Å². The van der Waals surface area contributed by atoms with Crippen molar-refractivity contribution in [3.63, 3.8) is 0 Å². The third kappa shape index (κ3) is 5.34. The largest absolute Gasteiger partial charge is 0.268 e. The third-order valence-corrected chi connectivity index (χ3v) is 5.45. The number of hydrogen-bond donors (Lipinski definition) is 1. The number of benzene rings is 2. The lowest BCUT2D eigenvalue weighted by Gasteiger charge is -2.09. The Morgan fingerprint density at radius 2 is 1.82 bits per heavy atom. The van der Waals surface area contributed by atoms with Gasteiger partial charge in [-0.1, -0.05) is 29.8 Å². The van der Waals surface area contributed by atoms with Crippen LogP contribution in [0.5, 0.6) is 0 Å². The van der Waals surface area contributed by atoms with E-state index in [1.165, 1.54) is 22.9 Å². The van der Waals surface area contributed by atoms with Crippen molar-refractivity contribution in [3.05, 3.63) is 88.0 Å². The van der Waals surface area contributed by atoms with Crippen LogP contribution in [0.1, 0.15) is 11.1 Å². The predicted octanol–water partition coefficient (Wildman–Crippen LogP) is 2.48. The second kappa shape index (κ2) is 8.45. The van der Waals surface area contributed by atoms with Gasteiger partial charge in [0.05, 0.1) is 18.0 Å². The standard InChI is InChI=1S/C20H20FN3O3S/c1-15-3-2-4-16(13-15)14-28(26,27)22-11-12-24-20(25)10-9-19(23-24)17-5-7-18(21)8-6-17/h2-10,13,22H,11-12,14H2,1H3. The van der Waals surface area contributed by atoms with Crippen LogP contribution in [0.15, 0.2) is 65.5 Å². The first kappa shape index (κ1) is 19.9. The van der Waals surface area contributed by atoms with E-state index in [0.29, 0.717) is 16.8 Å². The highest BCUT2D eigenvalue weighted by atomic mass is 32.2. The van der Waals surface area contributed by atoms with Gasteiger partial charge in [-0.15, -0.1) is 0 Å². The molecule has 0 amide bonds. The van der Waals surface area contributed by atoms with Gasteiger partial charge in [-0.05, 0) is 42.8 Å². The van der Waals surface area contributed by atoms with E-state index in [0.717, 1.165) is 5.56 Å². The lowest BCUT2D eigenvalue weighted by molar-refractivity contribution is 0.548. The Morgan fingerprint density at radius 1 is 1.07 bits per heavy atom. The van der Waals surface area contributed by atoms with Crippen molar-refractivity contribution in [1.82, 2.24) is 14.5 Å². The zero-order valence-electron chi connectivity index (χ0n) is 15.3. The highest BCUT2D eigenvalue weighted by molar-refractivity contribution is 7.88. The summed E-state index contributed by atoms with van der Waals surface area (Å²) in [7, 11) is -3.54. The molecule has 0 saturated carbocycles. The normalized spacial score (nSPS) is 11.5. The average Bonchev–Trinajstić information content (AvgIpc) is 2.63. The predicted molar refractivity (Wildman–Crippen MR) is 106 cm³/mol. The monoisotopic (exact) mass is 401 g/mol.